The predicted octanol–water partition coefficient (Wildman–Crippen LogP) is 2.92. The smallest absolute Gasteiger partial charge is 0.355 e. The van der Waals surface area contributed by atoms with E-state index in [4.69, 9.17) is 16.3 Å². The van der Waals surface area contributed by atoms with E-state index in [9.17, 15) is 4.79 Å². The van der Waals surface area contributed by atoms with Gasteiger partial charge in [0, 0.05) is 11.9 Å². The molecule has 0 aliphatic heterocycles. The number of aromatic nitrogens is 1. The lowest BCUT2D eigenvalue weighted by Crippen LogP contribution is -2.08. The summed E-state index contributed by atoms with van der Waals surface area (Å²) in [6.07, 6.45) is 1.68. The van der Waals surface area contributed by atoms with Crippen molar-refractivity contribution in [3.05, 3.63) is 53.3 Å². The molecule has 82 valence electrons. The van der Waals surface area contributed by atoms with Gasteiger partial charge in [-0.1, -0.05) is 29.8 Å². The number of hydrogen-bond donors (Lipinski definition) is 0. The SMILES string of the molecule is COC(=O)c1cc(Cl)cn1-c1ccccc1. The van der Waals surface area contributed by atoms with Crippen LogP contribution in [0.15, 0.2) is 42.6 Å². The van der Waals surface area contributed by atoms with E-state index in [0.29, 0.717) is 10.7 Å². The Labute approximate surface area is 98.2 Å². The third-order valence-corrected chi connectivity index (χ3v) is 2.42. The fourth-order valence-corrected chi connectivity index (χ4v) is 1.70. The quantitative estimate of drug-likeness (QED) is 0.750. The highest BCUT2D eigenvalue weighted by Crippen LogP contribution is 2.19. The van der Waals surface area contributed by atoms with Gasteiger partial charge in [0.2, 0.25) is 0 Å². The minimum atomic E-state index is -0.407. The monoisotopic (exact) mass is 235 g/mol. The van der Waals surface area contributed by atoms with Gasteiger partial charge >= 0.3 is 5.97 Å². The molecule has 16 heavy (non-hydrogen) atoms. The number of benzene rings is 1. The normalized spacial score (nSPS) is 10.1. The molecular formula is C12H10ClNO2. The summed E-state index contributed by atoms with van der Waals surface area (Å²) in [4.78, 5) is 11.5. The minimum Gasteiger partial charge on any atom is -0.464 e. The Morgan fingerprint density at radius 3 is 2.62 bits per heavy atom. The standard InChI is InChI=1S/C12H10ClNO2/c1-16-12(15)11-7-9(13)8-14(11)10-5-3-2-4-6-10/h2-8H,1H3. The predicted molar refractivity (Wildman–Crippen MR) is 62.1 cm³/mol. The zero-order valence-electron chi connectivity index (χ0n) is 8.68. The van der Waals surface area contributed by atoms with Crippen LogP contribution in [-0.4, -0.2) is 17.6 Å². The van der Waals surface area contributed by atoms with Crippen molar-refractivity contribution in [2.75, 3.05) is 7.11 Å². The number of para-hydroxylation sites is 1. The van der Waals surface area contributed by atoms with Gasteiger partial charge in [-0.3, -0.25) is 0 Å². The van der Waals surface area contributed by atoms with Gasteiger partial charge in [0.25, 0.3) is 0 Å². The molecule has 0 unspecified atom stereocenters. The molecule has 0 fully saturated rings. The highest BCUT2D eigenvalue weighted by Gasteiger charge is 2.14. The van der Waals surface area contributed by atoms with Gasteiger partial charge in [0.05, 0.1) is 12.1 Å². The molecule has 0 atom stereocenters. The van der Waals surface area contributed by atoms with Crippen LogP contribution in [-0.2, 0) is 4.74 Å². The summed E-state index contributed by atoms with van der Waals surface area (Å²) >= 11 is 5.89. The third kappa shape index (κ3) is 1.95. The molecule has 0 saturated carbocycles. The van der Waals surface area contributed by atoms with Crippen molar-refractivity contribution in [3.63, 3.8) is 0 Å². The number of nitrogens with zero attached hydrogens (tertiary/aromatic N) is 1. The average molecular weight is 236 g/mol. The third-order valence-electron chi connectivity index (χ3n) is 2.22. The number of hydrogen-bond acceptors (Lipinski definition) is 2. The van der Waals surface area contributed by atoms with Crippen LogP contribution in [0, 0.1) is 0 Å². The lowest BCUT2D eigenvalue weighted by Gasteiger charge is -2.06. The molecule has 0 radical (unpaired) electrons. The van der Waals surface area contributed by atoms with Crippen molar-refractivity contribution in [2.45, 2.75) is 0 Å². The number of esters is 1. The summed E-state index contributed by atoms with van der Waals surface area (Å²) in [6.45, 7) is 0. The largest absolute Gasteiger partial charge is 0.464 e. The second kappa shape index (κ2) is 4.41. The maximum absolute atomic E-state index is 11.5. The van der Waals surface area contributed by atoms with Crippen LogP contribution in [0.25, 0.3) is 5.69 Å². The van der Waals surface area contributed by atoms with E-state index in [1.807, 2.05) is 30.3 Å². The van der Waals surface area contributed by atoms with E-state index in [0.717, 1.165) is 5.69 Å². The van der Waals surface area contributed by atoms with Crippen LogP contribution in [0.4, 0.5) is 0 Å². The fraction of sp³-hybridized carbons (Fsp3) is 0.0833. The molecule has 0 aliphatic rings. The maximum atomic E-state index is 11.5. The van der Waals surface area contributed by atoms with Crippen molar-refractivity contribution in [1.29, 1.82) is 0 Å². The summed E-state index contributed by atoms with van der Waals surface area (Å²) in [6, 6.07) is 11.1. The van der Waals surface area contributed by atoms with Gasteiger partial charge in [-0.25, -0.2) is 4.79 Å². The number of carbonyl (C=O) groups excluding carboxylic acids is 1. The van der Waals surface area contributed by atoms with Crippen LogP contribution in [0.5, 0.6) is 0 Å². The first kappa shape index (κ1) is 10.8. The topological polar surface area (TPSA) is 31.2 Å². The van der Waals surface area contributed by atoms with E-state index >= 15 is 0 Å². The van der Waals surface area contributed by atoms with E-state index in [1.165, 1.54) is 7.11 Å². The Kier molecular flexibility index (Phi) is 2.97. The van der Waals surface area contributed by atoms with Crippen molar-refractivity contribution >= 4 is 17.6 Å². The van der Waals surface area contributed by atoms with Crippen LogP contribution in [0.3, 0.4) is 0 Å². The summed E-state index contributed by atoms with van der Waals surface area (Å²) in [5.41, 5.74) is 1.29. The highest BCUT2D eigenvalue weighted by molar-refractivity contribution is 6.31. The molecule has 2 rings (SSSR count). The van der Waals surface area contributed by atoms with Gasteiger partial charge in [0.15, 0.2) is 0 Å². The molecule has 0 amide bonds. The van der Waals surface area contributed by atoms with Crippen LogP contribution >= 0.6 is 11.6 Å². The molecule has 3 nitrogen and oxygen atoms in total. The number of methoxy groups -OCH3 is 1. The Morgan fingerprint density at radius 2 is 2.00 bits per heavy atom. The van der Waals surface area contributed by atoms with E-state index < -0.39 is 5.97 Å². The molecule has 0 aliphatic carbocycles. The van der Waals surface area contributed by atoms with Gasteiger partial charge in [-0.2, -0.15) is 0 Å². The zero-order chi connectivity index (χ0) is 11.5. The number of carbonyl (C=O) groups is 1. The number of ether oxygens (including phenoxy) is 1. The summed E-state index contributed by atoms with van der Waals surface area (Å²) in [5.74, 6) is -0.407. The van der Waals surface area contributed by atoms with Gasteiger partial charge in [-0.05, 0) is 18.2 Å². The van der Waals surface area contributed by atoms with Gasteiger partial charge < -0.3 is 9.30 Å². The molecule has 0 N–H and O–H groups in total. The van der Waals surface area contributed by atoms with Crippen molar-refractivity contribution in [3.8, 4) is 5.69 Å². The van der Waals surface area contributed by atoms with Gasteiger partial charge in [-0.15, -0.1) is 0 Å². The highest BCUT2D eigenvalue weighted by atomic mass is 35.5. The molecular weight excluding hydrogens is 226 g/mol. The molecule has 0 spiro atoms. The van der Waals surface area contributed by atoms with Crippen LogP contribution in [0.1, 0.15) is 10.5 Å². The van der Waals surface area contributed by atoms with E-state index in [2.05, 4.69) is 0 Å². The first-order chi connectivity index (χ1) is 7.72. The van der Waals surface area contributed by atoms with Crippen molar-refractivity contribution in [2.24, 2.45) is 0 Å². The zero-order valence-corrected chi connectivity index (χ0v) is 9.44. The summed E-state index contributed by atoms with van der Waals surface area (Å²) in [5, 5.41) is 0.504. The summed E-state index contributed by atoms with van der Waals surface area (Å²) in [7, 11) is 1.35. The fourth-order valence-electron chi connectivity index (χ4n) is 1.49. The van der Waals surface area contributed by atoms with Crippen molar-refractivity contribution < 1.29 is 9.53 Å². The molecule has 0 saturated heterocycles. The number of halogens is 1. The second-order valence-electron chi connectivity index (χ2n) is 3.24. The molecule has 4 heteroatoms. The molecule has 0 bridgehead atoms. The maximum Gasteiger partial charge on any atom is 0.355 e. The minimum absolute atomic E-state index is 0.407. The van der Waals surface area contributed by atoms with Gasteiger partial charge in [0.1, 0.15) is 5.69 Å². The lowest BCUT2D eigenvalue weighted by molar-refractivity contribution is 0.0591. The first-order valence-electron chi connectivity index (χ1n) is 4.74. The van der Waals surface area contributed by atoms with Crippen molar-refractivity contribution in [1.82, 2.24) is 4.57 Å². The molecule has 1 heterocycles. The summed E-state index contributed by atoms with van der Waals surface area (Å²) < 4.78 is 6.40. The van der Waals surface area contributed by atoms with Crippen LogP contribution in [0.2, 0.25) is 5.02 Å². The lowest BCUT2D eigenvalue weighted by atomic mass is 10.3. The molecule has 1 aromatic heterocycles. The van der Waals surface area contributed by atoms with E-state index in [1.54, 1.807) is 16.8 Å². The molecule has 1 aromatic carbocycles. The average Bonchev–Trinajstić information content (AvgIpc) is 2.71. The Hall–Kier alpha value is -1.74. The first-order valence-corrected chi connectivity index (χ1v) is 5.12. The Morgan fingerprint density at radius 1 is 1.31 bits per heavy atom. The Bertz CT molecular complexity index is 505. The van der Waals surface area contributed by atoms with E-state index in [-0.39, 0.29) is 0 Å². The van der Waals surface area contributed by atoms with Crippen LogP contribution < -0.4 is 0 Å². The second-order valence-corrected chi connectivity index (χ2v) is 3.68. The number of rotatable bonds is 2. The Balaban J connectivity index is 2.53. The molecule has 2 aromatic rings.